The third kappa shape index (κ3) is 4.06. The molecule has 1 fully saturated rings. The summed E-state index contributed by atoms with van der Waals surface area (Å²) in [6.07, 6.45) is 6.80. The van der Waals surface area contributed by atoms with E-state index in [0.29, 0.717) is 18.0 Å². The molecule has 2 aromatic heterocycles. The summed E-state index contributed by atoms with van der Waals surface area (Å²) in [6.45, 7) is 1.46. The molecule has 0 saturated carbocycles. The fraction of sp³-hybridized carbons (Fsp3) is 0.273. The predicted molar refractivity (Wildman–Crippen MR) is 105 cm³/mol. The molecule has 2 atom stereocenters. The quantitative estimate of drug-likeness (QED) is 0.646. The van der Waals surface area contributed by atoms with Crippen LogP contribution in [0.25, 0.3) is 0 Å². The van der Waals surface area contributed by atoms with Gasteiger partial charge in [-0.1, -0.05) is 23.7 Å². The molecule has 3 aromatic rings. The Morgan fingerprint density at radius 1 is 1.19 bits per heavy atom. The van der Waals surface area contributed by atoms with Crippen molar-refractivity contribution in [1.82, 2.24) is 9.88 Å². The number of rotatable bonds is 5. The van der Waals surface area contributed by atoms with Gasteiger partial charge in [0.25, 0.3) is 0 Å². The smallest absolute Gasteiger partial charge is 0.230 e. The minimum Gasteiger partial charge on any atom is -0.469 e. The predicted octanol–water partition coefficient (Wildman–Crippen LogP) is 4.67. The van der Waals surface area contributed by atoms with Crippen LogP contribution in [0.1, 0.15) is 35.1 Å². The van der Waals surface area contributed by atoms with Crippen molar-refractivity contribution in [2.75, 3.05) is 13.1 Å². The van der Waals surface area contributed by atoms with E-state index in [2.05, 4.69) is 4.98 Å². The van der Waals surface area contributed by atoms with Crippen LogP contribution in [0.2, 0.25) is 5.02 Å². The van der Waals surface area contributed by atoms with Crippen molar-refractivity contribution in [3.63, 3.8) is 0 Å². The molecule has 0 spiro atoms. The van der Waals surface area contributed by atoms with E-state index in [1.165, 1.54) is 0 Å². The van der Waals surface area contributed by atoms with Crippen LogP contribution >= 0.6 is 11.6 Å². The van der Waals surface area contributed by atoms with Gasteiger partial charge in [0, 0.05) is 36.4 Å². The highest BCUT2D eigenvalue weighted by Gasteiger charge is 2.33. The van der Waals surface area contributed by atoms with E-state index in [0.717, 1.165) is 29.9 Å². The summed E-state index contributed by atoms with van der Waals surface area (Å²) in [5.41, 5.74) is 2.09. The molecule has 1 aromatic carbocycles. The van der Waals surface area contributed by atoms with Crippen LogP contribution in [-0.2, 0) is 11.2 Å². The molecular formula is C22H21ClN2O2. The molecule has 27 heavy (non-hydrogen) atoms. The Balaban J connectivity index is 1.56. The minimum atomic E-state index is -0.236. The Bertz CT molecular complexity index is 878. The van der Waals surface area contributed by atoms with Crippen LogP contribution in [0.15, 0.2) is 71.6 Å². The number of hydrogen-bond acceptors (Lipinski definition) is 3. The monoisotopic (exact) mass is 380 g/mol. The van der Waals surface area contributed by atoms with Crippen LogP contribution in [0.4, 0.5) is 0 Å². The first kappa shape index (κ1) is 17.8. The number of carbonyl (C=O) groups excluding carboxylic acids is 1. The number of likely N-dealkylation sites (tertiary alicyclic amines) is 1. The largest absolute Gasteiger partial charge is 0.469 e. The Kier molecular flexibility index (Phi) is 5.26. The number of furan rings is 1. The maximum atomic E-state index is 13.4. The van der Waals surface area contributed by atoms with Gasteiger partial charge in [-0.05, 0) is 60.4 Å². The maximum absolute atomic E-state index is 13.4. The number of carbonyl (C=O) groups is 1. The molecule has 3 heterocycles. The van der Waals surface area contributed by atoms with E-state index in [-0.39, 0.29) is 17.7 Å². The van der Waals surface area contributed by atoms with Gasteiger partial charge in [0.15, 0.2) is 0 Å². The van der Waals surface area contributed by atoms with E-state index in [1.807, 2.05) is 53.4 Å². The lowest BCUT2D eigenvalue weighted by molar-refractivity contribution is -0.131. The molecule has 4 nitrogen and oxygen atoms in total. The van der Waals surface area contributed by atoms with Gasteiger partial charge in [-0.3, -0.25) is 9.78 Å². The number of nitrogens with zero attached hydrogens (tertiary/aromatic N) is 2. The van der Waals surface area contributed by atoms with Crippen LogP contribution < -0.4 is 0 Å². The van der Waals surface area contributed by atoms with Gasteiger partial charge in [0.1, 0.15) is 5.76 Å². The number of halogens is 1. The Morgan fingerprint density at radius 2 is 1.96 bits per heavy atom. The number of benzene rings is 1. The van der Waals surface area contributed by atoms with Crippen molar-refractivity contribution in [1.29, 1.82) is 0 Å². The van der Waals surface area contributed by atoms with E-state index in [1.54, 1.807) is 18.7 Å². The second kappa shape index (κ2) is 7.97. The average Bonchev–Trinajstić information content (AvgIpc) is 3.39. The lowest BCUT2D eigenvalue weighted by Gasteiger charge is -2.24. The van der Waals surface area contributed by atoms with Gasteiger partial charge in [-0.15, -0.1) is 0 Å². The molecule has 0 radical (unpaired) electrons. The maximum Gasteiger partial charge on any atom is 0.230 e. The highest BCUT2D eigenvalue weighted by molar-refractivity contribution is 6.30. The van der Waals surface area contributed by atoms with Gasteiger partial charge in [0.05, 0.1) is 12.2 Å². The van der Waals surface area contributed by atoms with Gasteiger partial charge in [0.2, 0.25) is 5.91 Å². The van der Waals surface area contributed by atoms with Crippen LogP contribution in [0.5, 0.6) is 0 Å². The first-order valence-corrected chi connectivity index (χ1v) is 9.55. The zero-order chi connectivity index (χ0) is 18.6. The molecule has 1 aliphatic rings. The highest BCUT2D eigenvalue weighted by atomic mass is 35.5. The molecule has 138 valence electrons. The van der Waals surface area contributed by atoms with E-state index in [4.69, 9.17) is 16.0 Å². The summed E-state index contributed by atoms with van der Waals surface area (Å²) in [5, 5.41) is 0.674. The standard InChI is InChI=1S/C22H21ClN2O2/c23-19-5-3-17(4-6-19)20(14-16-7-10-24-11-8-16)22(26)25-12-9-18(15-25)21-2-1-13-27-21/h1-8,10-11,13,18,20H,9,12,14-15H2. The van der Waals surface area contributed by atoms with Crippen LogP contribution in [0, 0.1) is 0 Å². The number of pyridine rings is 1. The molecular weight excluding hydrogens is 360 g/mol. The van der Waals surface area contributed by atoms with E-state index < -0.39 is 0 Å². The molecule has 1 aliphatic heterocycles. The fourth-order valence-corrected chi connectivity index (χ4v) is 3.86. The average molecular weight is 381 g/mol. The Hall–Kier alpha value is -2.59. The number of amides is 1. The summed E-state index contributed by atoms with van der Waals surface area (Å²) < 4.78 is 5.54. The lowest BCUT2D eigenvalue weighted by atomic mass is 9.91. The second-order valence-electron chi connectivity index (χ2n) is 6.95. The third-order valence-electron chi connectivity index (χ3n) is 5.21. The Labute approximate surface area is 163 Å². The van der Waals surface area contributed by atoms with E-state index >= 15 is 0 Å². The normalized spacial score (nSPS) is 17.8. The first-order chi connectivity index (χ1) is 13.2. The van der Waals surface area contributed by atoms with Crippen LogP contribution in [0.3, 0.4) is 0 Å². The molecule has 4 rings (SSSR count). The zero-order valence-electron chi connectivity index (χ0n) is 14.9. The summed E-state index contributed by atoms with van der Waals surface area (Å²) in [5.74, 6) is 1.15. The summed E-state index contributed by atoms with van der Waals surface area (Å²) in [4.78, 5) is 19.4. The van der Waals surface area contributed by atoms with Crippen LogP contribution in [-0.4, -0.2) is 28.9 Å². The van der Waals surface area contributed by atoms with Gasteiger partial charge < -0.3 is 9.32 Å². The molecule has 1 saturated heterocycles. The minimum absolute atomic E-state index is 0.156. The topological polar surface area (TPSA) is 46.3 Å². The summed E-state index contributed by atoms with van der Waals surface area (Å²) >= 11 is 6.05. The fourth-order valence-electron chi connectivity index (χ4n) is 3.73. The summed E-state index contributed by atoms with van der Waals surface area (Å²) in [6, 6.07) is 15.4. The van der Waals surface area contributed by atoms with Crippen molar-refractivity contribution < 1.29 is 9.21 Å². The van der Waals surface area contributed by atoms with Crippen molar-refractivity contribution in [3.05, 3.63) is 89.1 Å². The van der Waals surface area contributed by atoms with Gasteiger partial charge in [-0.2, -0.15) is 0 Å². The number of hydrogen-bond donors (Lipinski definition) is 0. The molecule has 1 amide bonds. The Morgan fingerprint density at radius 3 is 2.67 bits per heavy atom. The van der Waals surface area contributed by atoms with Gasteiger partial charge in [-0.25, -0.2) is 0 Å². The van der Waals surface area contributed by atoms with Gasteiger partial charge >= 0.3 is 0 Å². The molecule has 2 unspecified atom stereocenters. The third-order valence-corrected chi connectivity index (χ3v) is 5.46. The summed E-state index contributed by atoms with van der Waals surface area (Å²) in [7, 11) is 0. The molecule has 5 heteroatoms. The van der Waals surface area contributed by atoms with Crippen molar-refractivity contribution >= 4 is 17.5 Å². The molecule has 0 N–H and O–H groups in total. The molecule has 0 aliphatic carbocycles. The zero-order valence-corrected chi connectivity index (χ0v) is 15.7. The van der Waals surface area contributed by atoms with E-state index in [9.17, 15) is 4.79 Å². The second-order valence-corrected chi connectivity index (χ2v) is 7.39. The number of aromatic nitrogens is 1. The molecule has 0 bridgehead atoms. The van der Waals surface area contributed by atoms with Crippen molar-refractivity contribution in [2.24, 2.45) is 0 Å². The first-order valence-electron chi connectivity index (χ1n) is 9.17. The highest BCUT2D eigenvalue weighted by Crippen LogP contribution is 2.31. The van der Waals surface area contributed by atoms with Crippen molar-refractivity contribution in [3.8, 4) is 0 Å². The van der Waals surface area contributed by atoms with Crippen molar-refractivity contribution in [2.45, 2.75) is 24.7 Å². The SMILES string of the molecule is O=C(C(Cc1ccncc1)c1ccc(Cl)cc1)N1CCC(c2ccco2)C1. The lowest BCUT2D eigenvalue weighted by Crippen LogP contribution is -2.34.